The van der Waals surface area contributed by atoms with Crippen LogP contribution in [-0.2, 0) is 14.0 Å². The molecule has 1 fully saturated rings. The number of aromatic nitrogens is 2. The SMILES string of the molecule is CO[C@@H]1C(C(C)C)[C@@H](CC(F)(F)P(C)(C)=O)O[C@H]1n1cc(C)c(=O)[nH]c1=O. The van der Waals surface area contributed by atoms with E-state index in [1.54, 1.807) is 0 Å². The fraction of sp³-hybridized carbons (Fsp3) is 0.765. The second kappa shape index (κ2) is 7.60. The molecule has 0 radical (unpaired) electrons. The van der Waals surface area contributed by atoms with Crippen LogP contribution >= 0.6 is 7.14 Å². The molecule has 1 unspecified atom stereocenters. The van der Waals surface area contributed by atoms with Gasteiger partial charge in [-0.25, -0.2) is 4.79 Å². The average molecular weight is 408 g/mol. The third kappa shape index (κ3) is 4.25. The summed E-state index contributed by atoms with van der Waals surface area (Å²) in [6.07, 6.45) is -2.00. The van der Waals surface area contributed by atoms with Crippen molar-refractivity contribution in [2.45, 2.75) is 51.3 Å². The highest BCUT2D eigenvalue weighted by molar-refractivity contribution is 7.63. The summed E-state index contributed by atoms with van der Waals surface area (Å²) in [7, 11) is -2.27. The van der Waals surface area contributed by atoms with E-state index in [-0.39, 0.29) is 11.5 Å². The maximum Gasteiger partial charge on any atom is 0.330 e. The third-order valence-electron chi connectivity index (χ3n) is 5.10. The first-order chi connectivity index (χ1) is 12.3. The monoisotopic (exact) mass is 408 g/mol. The fourth-order valence-electron chi connectivity index (χ4n) is 3.48. The second-order valence-corrected chi connectivity index (χ2v) is 11.1. The molecule has 27 heavy (non-hydrogen) atoms. The van der Waals surface area contributed by atoms with Crippen molar-refractivity contribution in [1.82, 2.24) is 9.55 Å². The Hall–Kier alpha value is -1.31. The van der Waals surface area contributed by atoms with Gasteiger partial charge in [0.15, 0.2) is 6.23 Å². The van der Waals surface area contributed by atoms with E-state index >= 15 is 0 Å². The van der Waals surface area contributed by atoms with E-state index in [0.29, 0.717) is 0 Å². The molecule has 1 aliphatic heterocycles. The number of rotatable bonds is 6. The first-order valence-corrected chi connectivity index (χ1v) is 11.3. The van der Waals surface area contributed by atoms with Crippen molar-refractivity contribution in [3.05, 3.63) is 32.6 Å². The molecule has 7 nitrogen and oxygen atoms in total. The van der Waals surface area contributed by atoms with Crippen molar-refractivity contribution < 1.29 is 22.8 Å². The van der Waals surface area contributed by atoms with Crippen LogP contribution in [0.5, 0.6) is 0 Å². The molecule has 0 amide bonds. The number of methoxy groups -OCH3 is 1. The fourth-order valence-corrected chi connectivity index (χ4v) is 4.10. The highest BCUT2D eigenvalue weighted by Gasteiger charge is 2.53. The maximum atomic E-state index is 14.5. The van der Waals surface area contributed by atoms with Gasteiger partial charge in [-0.15, -0.1) is 0 Å². The standard InChI is InChI=1S/C17H27F2N2O5P/c1-9(2)12-11(7-17(18,19)27(5,6)24)26-15(13(12)25-4)21-8-10(3)14(22)20-16(21)23/h8-9,11-13,15H,7H2,1-6H3,(H,20,22,23)/t11-,12?,13-,15-/m1/s1. The summed E-state index contributed by atoms with van der Waals surface area (Å²) in [6, 6.07) is 0. The summed E-state index contributed by atoms with van der Waals surface area (Å²) in [6.45, 7) is 7.33. The van der Waals surface area contributed by atoms with Gasteiger partial charge < -0.3 is 14.0 Å². The second-order valence-electron chi connectivity index (χ2n) is 7.79. The van der Waals surface area contributed by atoms with E-state index in [1.807, 2.05) is 13.8 Å². The van der Waals surface area contributed by atoms with E-state index < -0.39 is 54.8 Å². The van der Waals surface area contributed by atoms with Gasteiger partial charge >= 0.3 is 5.69 Å². The van der Waals surface area contributed by atoms with Gasteiger partial charge in [-0.05, 0) is 26.2 Å². The minimum absolute atomic E-state index is 0.0894. The number of H-pyrrole nitrogens is 1. The van der Waals surface area contributed by atoms with Crippen molar-refractivity contribution in [3.63, 3.8) is 0 Å². The third-order valence-corrected chi connectivity index (χ3v) is 6.86. The quantitative estimate of drug-likeness (QED) is 0.731. The highest BCUT2D eigenvalue weighted by Crippen LogP contribution is 2.58. The number of ether oxygens (including phenoxy) is 2. The molecule has 0 bridgehead atoms. The largest absolute Gasteiger partial charge is 0.376 e. The lowest BCUT2D eigenvalue weighted by Crippen LogP contribution is -2.39. The van der Waals surface area contributed by atoms with E-state index in [4.69, 9.17) is 9.47 Å². The van der Waals surface area contributed by atoms with Gasteiger partial charge in [-0.1, -0.05) is 13.8 Å². The minimum atomic E-state index is -3.69. The molecule has 154 valence electrons. The van der Waals surface area contributed by atoms with Gasteiger partial charge in [0.2, 0.25) is 0 Å². The van der Waals surface area contributed by atoms with Gasteiger partial charge in [0, 0.05) is 31.2 Å². The van der Waals surface area contributed by atoms with E-state index in [9.17, 15) is 22.9 Å². The molecule has 2 rings (SSSR count). The molecule has 0 spiro atoms. The number of halogens is 2. The topological polar surface area (TPSA) is 90.4 Å². The Kier molecular flexibility index (Phi) is 6.19. The van der Waals surface area contributed by atoms with Gasteiger partial charge in [0.1, 0.15) is 13.2 Å². The number of alkyl halides is 2. The molecule has 1 N–H and O–H groups in total. The van der Waals surface area contributed by atoms with Gasteiger partial charge in [-0.3, -0.25) is 14.3 Å². The van der Waals surface area contributed by atoms with Crippen LogP contribution in [0.4, 0.5) is 8.78 Å². The number of hydrogen-bond acceptors (Lipinski definition) is 5. The summed E-state index contributed by atoms with van der Waals surface area (Å²) in [5.74, 6) is -0.537. The van der Waals surface area contributed by atoms with Gasteiger partial charge in [0.25, 0.3) is 11.2 Å². The summed E-state index contributed by atoms with van der Waals surface area (Å²) in [4.78, 5) is 26.1. The lowest BCUT2D eigenvalue weighted by Gasteiger charge is -2.29. The number of nitrogens with zero attached hydrogens (tertiary/aromatic N) is 1. The van der Waals surface area contributed by atoms with Crippen LogP contribution in [0.3, 0.4) is 0 Å². The molecule has 4 atom stereocenters. The molecule has 2 heterocycles. The highest BCUT2D eigenvalue weighted by atomic mass is 31.2. The van der Waals surface area contributed by atoms with Crippen LogP contribution in [0, 0.1) is 18.8 Å². The molecule has 10 heteroatoms. The zero-order valence-electron chi connectivity index (χ0n) is 16.4. The summed E-state index contributed by atoms with van der Waals surface area (Å²) < 4.78 is 53.5. The number of hydrogen-bond donors (Lipinski definition) is 1. The first-order valence-electron chi connectivity index (χ1n) is 8.73. The molecule has 0 saturated carbocycles. The minimum Gasteiger partial charge on any atom is -0.376 e. The Morgan fingerprint density at radius 3 is 2.44 bits per heavy atom. The van der Waals surface area contributed by atoms with Crippen molar-refractivity contribution in [2.24, 2.45) is 11.8 Å². The maximum absolute atomic E-state index is 14.5. The predicted molar refractivity (Wildman–Crippen MR) is 98.1 cm³/mol. The number of nitrogens with one attached hydrogen (secondary N) is 1. The molecule has 1 aromatic rings. The Bertz CT molecular complexity index is 844. The van der Waals surface area contributed by atoms with Gasteiger partial charge in [-0.2, -0.15) is 8.78 Å². The first kappa shape index (κ1) is 22.0. The Balaban J connectivity index is 2.47. The normalized spacial score (nSPS) is 26.7. The van der Waals surface area contributed by atoms with Crippen molar-refractivity contribution in [1.29, 1.82) is 0 Å². The number of aromatic amines is 1. The lowest BCUT2D eigenvalue weighted by molar-refractivity contribution is -0.0697. The smallest absolute Gasteiger partial charge is 0.330 e. The Morgan fingerprint density at radius 2 is 1.96 bits per heavy atom. The van der Waals surface area contributed by atoms with Crippen LogP contribution in [0.1, 0.15) is 32.1 Å². The van der Waals surface area contributed by atoms with Crippen LogP contribution in [0.25, 0.3) is 0 Å². The lowest BCUT2D eigenvalue weighted by atomic mass is 9.85. The van der Waals surface area contributed by atoms with Crippen molar-refractivity contribution in [3.8, 4) is 0 Å². The zero-order valence-corrected chi connectivity index (χ0v) is 17.3. The molecular formula is C17H27F2N2O5P. The van der Waals surface area contributed by atoms with Crippen molar-refractivity contribution >= 4 is 7.14 Å². The van der Waals surface area contributed by atoms with E-state index in [0.717, 1.165) is 17.9 Å². The van der Waals surface area contributed by atoms with Crippen LogP contribution in [-0.4, -0.2) is 47.9 Å². The zero-order chi connectivity index (χ0) is 20.7. The summed E-state index contributed by atoms with van der Waals surface area (Å²) in [5, 5.41) is 0. The molecule has 1 aromatic heterocycles. The summed E-state index contributed by atoms with van der Waals surface area (Å²) in [5.41, 5.74) is -4.34. The molecule has 0 aromatic carbocycles. The van der Waals surface area contributed by atoms with E-state index in [2.05, 4.69) is 4.98 Å². The predicted octanol–water partition coefficient (Wildman–Crippen LogP) is 2.64. The van der Waals surface area contributed by atoms with Crippen LogP contribution < -0.4 is 11.2 Å². The molecular weight excluding hydrogens is 381 g/mol. The Morgan fingerprint density at radius 1 is 1.37 bits per heavy atom. The van der Waals surface area contributed by atoms with Crippen LogP contribution in [0.2, 0.25) is 0 Å². The molecule has 1 aliphatic rings. The Labute approximate surface area is 156 Å². The van der Waals surface area contributed by atoms with E-state index in [1.165, 1.54) is 20.2 Å². The van der Waals surface area contributed by atoms with Crippen molar-refractivity contribution in [2.75, 3.05) is 20.4 Å². The summed E-state index contributed by atoms with van der Waals surface area (Å²) >= 11 is 0. The average Bonchev–Trinajstić information content (AvgIpc) is 2.87. The molecule has 0 aliphatic carbocycles. The van der Waals surface area contributed by atoms with Crippen LogP contribution in [0.15, 0.2) is 15.8 Å². The number of aryl methyl sites for hydroxylation is 1. The molecule has 1 saturated heterocycles. The van der Waals surface area contributed by atoms with Gasteiger partial charge in [0.05, 0.1) is 6.10 Å².